The fourth-order valence-corrected chi connectivity index (χ4v) is 1.59. The van der Waals surface area contributed by atoms with Gasteiger partial charge in [-0.15, -0.1) is 5.73 Å². The molecule has 0 N–H and O–H groups in total. The molecule has 0 unspecified atom stereocenters. The summed E-state index contributed by atoms with van der Waals surface area (Å²) in [4.78, 5) is 12.2. The van der Waals surface area contributed by atoms with Crippen LogP contribution in [-0.4, -0.2) is 11.6 Å². The second-order valence-corrected chi connectivity index (χ2v) is 6.20. The average Bonchev–Trinajstić information content (AvgIpc) is 2.33. The van der Waals surface area contributed by atoms with Gasteiger partial charge in [-0.2, -0.15) is 0 Å². The molecule has 0 aromatic heterocycles. The zero-order chi connectivity index (χ0) is 15.2. The van der Waals surface area contributed by atoms with Crippen LogP contribution in [-0.2, 0) is 16.0 Å². The van der Waals surface area contributed by atoms with E-state index in [1.807, 2.05) is 57.2 Å². The van der Waals surface area contributed by atoms with Crippen molar-refractivity contribution < 1.29 is 9.53 Å². The Morgan fingerprint density at radius 2 is 1.85 bits per heavy atom. The van der Waals surface area contributed by atoms with Crippen LogP contribution in [0.2, 0.25) is 0 Å². The van der Waals surface area contributed by atoms with E-state index >= 15 is 0 Å². The lowest BCUT2D eigenvalue weighted by molar-refractivity contribution is -0.149. The summed E-state index contributed by atoms with van der Waals surface area (Å²) in [6.45, 7) is 9.73. The monoisotopic (exact) mass is 272 g/mol. The van der Waals surface area contributed by atoms with Crippen LogP contribution in [0.15, 0.2) is 47.7 Å². The summed E-state index contributed by atoms with van der Waals surface area (Å²) in [6, 6.07) is 9.90. The number of hydrogen-bond acceptors (Lipinski definition) is 2. The molecule has 20 heavy (non-hydrogen) atoms. The largest absolute Gasteiger partial charge is 0.456 e. The molecule has 0 heterocycles. The molecule has 0 bridgehead atoms. The molecule has 2 heteroatoms. The van der Waals surface area contributed by atoms with Gasteiger partial charge in [0, 0.05) is 6.42 Å². The summed E-state index contributed by atoms with van der Waals surface area (Å²) >= 11 is 0. The Labute approximate surface area is 122 Å². The number of carbonyl (C=O) groups excluding carboxylic acids is 1. The molecule has 0 spiro atoms. The third kappa shape index (κ3) is 6.40. The molecule has 0 saturated carbocycles. The first-order chi connectivity index (χ1) is 9.28. The van der Waals surface area contributed by atoms with Gasteiger partial charge in [0.1, 0.15) is 5.60 Å². The van der Waals surface area contributed by atoms with E-state index in [1.54, 1.807) is 0 Å². The molecule has 0 fully saturated rings. The third-order valence-electron chi connectivity index (χ3n) is 2.46. The molecule has 1 rings (SSSR count). The Hall–Kier alpha value is -1.79. The first kappa shape index (κ1) is 16.3. The molecule has 0 radical (unpaired) electrons. The number of ether oxygens (including phenoxy) is 1. The van der Waals surface area contributed by atoms with E-state index in [0.717, 1.165) is 5.56 Å². The van der Waals surface area contributed by atoms with E-state index in [0.29, 0.717) is 17.9 Å². The molecular formula is C18H24O2. The first-order valence-electron chi connectivity index (χ1n) is 7.01. The summed E-state index contributed by atoms with van der Waals surface area (Å²) in [5.41, 5.74) is 4.27. The van der Waals surface area contributed by atoms with Crippen LogP contribution in [0.25, 0.3) is 0 Å². The molecule has 0 saturated heterocycles. The van der Waals surface area contributed by atoms with Crippen LogP contribution < -0.4 is 0 Å². The Morgan fingerprint density at radius 1 is 1.25 bits per heavy atom. The minimum absolute atomic E-state index is 0.293. The molecule has 0 amide bonds. The van der Waals surface area contributed by atoms with Crippen molar-refractivity contribution in [2.75, 3.05) is 0 Å². The summed E-state index contributed by atoms with van der Waals surface area (Å²) in [5, 5.41) is 0. The van der Waals surface area contributed by atoms with Gasteiger partial charge in [0.25, 0.3) is 0 Å². The van der Waals surface area contributed by atoms with Crippen molar-refractivity contribution in [1.29, 1.82) is 0 Å². The minimum atomic E-state index is -0.488. The van der Waals surface area contributed by atoms with E-state index < -0.39 is 5.60 Å². The normalized spacial score (nSPS) is 10.9. The molecule has 0 aliphatic heterocycles. The van der Waals surface area contributed by atoms with Gasteiger partial charge in [0.05, 0.1) is 5.57 Å². The summed E-state index contributed by atoms with van der Waals surface area (Å²) in [7, 11) is 0. The molecule has 0 aliphatic carbocycles. The Morgan fingerprint density at radius 3 is 2.35 bits per heavy atom. The van der Waals surface area contributed by atoms with E-state index in [4.69, 9.17) is 4.74 Å². The second kappa shape index (κ2) is 7.12. The Kier molecular flexibility index (Phi) is 5.79. The lowest BCUT2D eigenvalue weighted by atomic mass is 10.0. The minimum Gasteiger partial charge on any atom is -0.456 e. The molecule has 0 aliphatic rings. The molecule has 2 nitrogen and oxygen atoms in total. The smallest absolute Gasteiger partial charge is 0.342 e. The first-order valence-corrected chi connectivity index (χ1v) is 7.01. The van der Waals surface area contributed by atoms with Crippen molar-refractivity contribution in [1.82, 2.24) is 0 Å². The number of carbonyl (C=O) groups is 1. The van der Waals surface area contributed by atoms with Gasteiger partial charge in [-0.1, -0.05) is 44.2 Å². The van der Waals surface area contributed by atoms with Crippen molar-refractivity contribution in [2.24, 2.45) is 5.92 Å². The zero-order valence-electron chi connectivity index (χ0n) is 13.1. The molecule has 108 valence electrons. The number of hydrogen-bond donors (Lipinski definition) is 0. The summed E-state index contributed by atoms with van der Waals surface area (Å²) < 4.78 is 5.45. The maximum atomic E-state index is 12.2. The quantitative estimate of drug-likeness (QED) is 0.464. The van der Waals surface area contributed by atoms with Gasteiger partial charge in [0.15, 0.2) is 0 Å². The van der Waals surface area contributed by atoms with Crippen molar-refractivity contribution >= 4 is 5.97 Å². The van der Waals surface area contributed by atoms with Crippen molar-refractivity contribution in [3.8, 4) is 0 Å². The lowest BCUT2D eigenvalue weighted by Gasteiger charge is -2.20. The fourth-order valence-electron chi connectivity index (χ4n) is 1.59. The topological polar surface area (TPSA) is 26.3 Å². The standard InChI is InChI=1S/C18H24O2/c1-14(2)11-12-16(17(19)20-18(3,4)5)13-15-9-7-6-8-10-15/h6-11,14H,13H2,1-5H3. The van der Waals surface area contributed by atoms with Gasteiger partial charge in [-0.3, -0.25) is 0 Å². The maximum Gasteiger partial charge on any atom is 0.342 e. The number of benzene rings is 1. The van der Waals surface area contributed by atoms with Crippen LogP contribution in [0.1, 0.15) is 40.2 Å². The summed E-state index contributed by atoms with van der Waals surface area (Å²) in [5.74, 6) is 0.0569. The summed E-state index contributed by atoms with van der Waals surface area (Å²) in [6.07, 6.45) is 2.45. The molecular weight excluding hydrogens is 248 g/mol. The van der Waals surface area contributed by atoms with Crippen molar-refractivity contribution in [3.05, 3.63) is 53.3 Å². The van der Waals surface area contributed by atoms with E-state index in [-0.39, 0.29) is 5.97 Å². The van der Waals surface area contributed by atoms with Crippen LogP contribution in [0.5, 0.6) is 0 Å². The Balaban J connectivity index is 2.98. The van der Waals surface area contributed by atoms with Crippen LogP contribution in [0, 0.1) is 5.92 Å². The van der Waals surface area contributed by atoms with Gasteiger partial charge < -0.3 is 4.74 Å². The van der Waals surface area contributed by atoms with E-state index in [1.165, 1.54) is 0 Å². The average molecular weight is 272 g/mol. The highest BCUT2D eigenvalue weighted by Gasteiger charge is 2.19. The molecule has 1 aromatic carbocycles. The second-order valence-electron chi connectivity index (χ2n) is 6.20. The maximum absolute atomic E-state index is 12.2. The van der Waals surface area contributed by atoms with Crippen LogP contribution >= 0.6 is 0 Å². The van der Waals surface area contributed by atoms with Gasteiger partial charge >= 0.3 is 5.97 Å². The lowest BCUT2D eigenvalue weighted by Crippen LogP contribution is -2.25. The van der Waals surface area contributed by atoms with E-state index in [2.05, 4.69) is 19.6 Å². The third-order valence-corrected chi connectivity index (χ3v) is 2.46. The zero-order valence-corrected chi connectivity index (χ0v) is 13.1. The van der Waals surface area contributed by atoms with Crippen LogP contribution in [0.3, 0.4) is 0 Å². The van der Waals surface area contributed by atoms with Gasteiger partial charge in [0.2, 0.25) is 0 Å². The SMILES string of the molecule is CC(C)C=C=C(Cc1ccccc1)C(=O)OC(C)(C)C. The highest BCUT2D eigenvalue weighted by Crippen LogP contribution is 2.14. The Bertz CT molecular complexity index is 498. The predicted molar refractivity (Wildman–Crippen MR) is 82.4 cm³/mol. The molecule has 0 atom stereocenters. The number of rotatable bonds is 4. The van der Waals surface area contributed by atoms with E-state index in [9.17, 15) is 4.79 Å². The van der Waals surface area contributed by atoms with Crippen LogP contribution in [0.4, 0.5) is 0 Å². The van der Waals surface area contributed by atoms with Gasteiger partial charge in [-0.05, 0) is 38.3 Å². The predicted octanol–water partition coefficient (Wildman–Crippen LogP) is 4.31. The fraction of sp³-hybridized carbons (Fsp3) is 0.444. The highest BCUT2D eigenvalue weighted by molar-refractivity contribution is 5.89. The molecule has 1 aromatic rings. The van der Waals surface area contributed by atoms with Crippen molar-refractivity contribution in [3.63, 3.8) is 0 Å². The highest BCUT2D eigenvalue weighted by atomic mass is 16.6. The van der Waals surface area contributed by atoms with Gasteiger partial charge in [-0.25, -0.2) is 4.79 Å². The number of esters is 1. The van der Waals surface area contributed by atoms with Crippen molar-refractivity contribution in [2.45, 2.75) is 46.6 Å².